The van der Waals surface area contributed by atoms with Crippen molar-refractivity contribution in [1.82, 2.24) is 0 Å². The molecule has 0 aliphatic carbocycles. The number of aldehydes is 1. The van der Waals surface area contributed by atoms with Crippen molar-refractivity contribution in [2.75, 3.05) is 0 Å². The summed E-state index contributed by atoms with van der Waals surface area (Å²) in [5.41, 5.74) is 2.64. The lowest BCUT2D eigenvalue weighted by atomic mass is 9.89. The summed E-state index contributed by atoms with van der Waals surface area (Å²) in [6, 6.07) is 0. The number of carbonyl (C=O) groups is 1. The van der Waals surface area contributed by atoms with Crippen LogP contribution in [0.3, 0.4) is 0 Å². The molecule has 0 radical (unpaired) electrons. The van der Waals surface area contributed by atoms with Gasteiger partial charge in [0, 0.05) is 5.41 Å². The molecule has 92 valence electrons. The van der Waals surface area contributed by atoms with Gasteiger partial charge in [0.1, 0.15) is 6.29 Å². The number of allylic oxidation sites excluding steroid dienone is 4. The molecule has 0 bridgehead atoms. The van der Waals surface area contributed by atoms with Crippen LogP contribution >= 0.6 is 0 Å². The van der Waals surface area contributed by atoms with Gasteiger partial charge in [-0.2, -0.15) is 0 Å². The van der Waals surface area contributed by atoms with Crippen LogP contribution in [-0.4, -0.2) is 6.29 Å². The summed E-state index contributed by atoms with van der Waals surface area (Å²) in [5.74, 6) is 0. The molecule has 1 nitrogen and oxygen atoms in total. The van der Waals surface area contributed by atoms with Crippen molar-refractivity contribution < 1.29 is 4.79 Å². The van der Waals surface area contributed by atoms with Crippen molar-refractivity contribution in [3.8, 4) is 0 Å². The predicted octanol–water partition coefficient (Wildman–Crippen LogP) is 4.68. The molecule has 0 rings (SSSR count). The van der Waals surface area contributed by atoms with Crippen LogP contribution in [0.5, 0.6) is 0 Å². The standard InChI is InChI=1S/C15H26O/c1-13(2)8-6-9-14(3)10-7-11-15(4,5)12-16/h8,10,12H,6-7,9,11H2,1-5H3. The van der Waals surface area contributed by atoms with Gasteiger partial charge in [0.25, 0.3) is 0 Å². The molecule has 0 aromatic heterocycles. The van der Waals surface area contributed by atoms with Crippen molar-refractivity contribution in [2.45, 2.75) is 60.3 Å². The van der Waals surface area contributed by atoms with E-state index in [1.165, 1.54) is 11.1 Å². The lowest BCUT2D eigenvalue weighted by Crippen LogP contribution is -2.11. The van der Waals surface area contributed by atoms with Gasteiger partial charge in [-0.3, -0.25) is 0 Å². The highest BCUT2D eigenvalue weighted by atomic mass is 16.1. The highest BCUT2D eigenvalue weighted by Crippen LogP contribution is 2.20. The van der Waals surface area contributed by atoms with Crippen molar-refractivity contribution in [3.63, 3.8) is 0 Å². The first-order valence-corrected chi connectivity index (χ1v) is 6.13. The van der Waals surface area contributed by atoms with E-state index in [1.54, 1.807) is 0 Å². The van der Waals surface area contributed by atoms with Gasteiger partial charge >= 0.3 is 0 Å². The Kier molecular flexibility index (Phi) is 7.03. The van der Waals surface area contributed by atoms with Crippen LogP contribution in [0.2, 0.25) is 0 Å². The van der Waals surface area contributed by atoms with E-state index in [4.69, 9.17) is 0 Å². The average molecular weight is 222 g/mol. The molecule has 0 amide bonds. The van der Waals surface area contributed by atoms with Crippen molar-refractivity contribution in [3.05, 3.63) is 23.3 Å². The smallest absolute Gasteiger partial charge is 0.125 e. The van der Waals surface area contributed by atoms with Crippen LogP contribution in [0.25, 0.3) is 0 Å². The molecule has 0 aliphatic rings. The lowest BCUT2D eigenvalue weighted by molar-refractivity contribution is -0.114. The van der Waals surface area contributed by atoms with Gasteiger partial charge < -0.3 is 4.79 Å². The summed E-state index contributed by atoms with van der Waals surface area (Å²) >= 11 is 0. The third kappa shape index (κ3) is 8.46. The highest BCUT2D eigenvalue weighted by Gasteiger charge is 2.14. The summed E-state index contributed by atoms with van der Waals surface area (Å²) in [7, 11) is 0. The van der Waals surface area contributed by atoms with E-state index >= 15 is 0 Å². The summed E-state index contributed by atoms with van der Waals surface area (Å²) in [6.07, 6.45) is 9.80. The van der Waals surface area contributed by atoms with Crippen LogP contribution in [-0.2, 0) is 4.79 Å². The molecule has 0 N–H and O–H groups in total. The van der Waals surface area contributed by atoms with Crippen LogP contribution in [0.1, 0.15) is 60.3 Å². The Labute approximate surface area is 101 Å². The molecule has 0 unspecified atom stereocenters. The fourth-order valence-corrected chi connectivity index (χ4v) is 1.44. The molecule has 16 heavy (non-hydrogen) atoms. The maximum absolute atomic E-state index is 10.7. The van der Waals surface area contributed by atoms with Crippen LogP contribution < -0.4 is 0 Å². The minimum absolute atomic E-state index is 0.170. The number of hydrogen-bond acceptors (Lipinski definition) is 1. The molecule has 0 saturated heterocycles. The fraction of sp³-hybridized carbons (Fsp3) is 0.667. The minimum Gasteiger partial charge on any atom is -0.303 e. The fourth-order valence-electron chi connectivity index (χ4n) is 1.44. The molecule has 0 spiro atoms. The second-order valence-electron chi connectivity index (χ2n) is 5.52. The molecule has 0 aromatic carbocycles. The van der Waals surface area contributed by atoms with E-state index in [1.807, 2.05) is 13.8 Å². The Bertz CT molecular complexity index is 265. The van der Waals surface area contributed by atoms with E-state index < -0.39 is 0 Å². The Morgan fingerprint density at radius 1 is 1.06 bits per heavy atom. The summed E-state index contributed by atoms with van der Waals surface area (Å²) in [6.45, 7) is 10.4. The topological polar surface area (TPSA) is 17.1 Å². The quantitative estimate of drug-likeness (QED) is 0.451. The van der Waals surface area contributed by atoms with E-state index in [-0.39, 0.29) is 5.41 Å². The Hall–Kier alpha value is -0.850. The number of carbonyl (C=O) groups excluding carboxylic acids is 1. The first-order chi connectivity index (χ1) is 7.37. The maximum Gasteiger partial charge on any atom is 0.125 e. The molecule has 0 atom stereocenters. The Morgan fingerprint density at radius 3 is 2.19 bits per heavy atom. The van der Waals surface area contributed by atoms with Gasteiger partial charge in [-0.1, -0.05) is 37.1 Å². The van der Waals surface area contributed by atoms with E-state index in [0.717, 1.165) is 32.0 Å². The number of rotatable bonds is 7. The first-order valence-electron chi connectivity index (χ1n) is 6.13. The van der Waals surface area contributed by atoms with Crippen molar-refractivity contribution >= 4 is 6.29 Å². The van der Waals surface area contributed by atoms with E-state index in [0.29, 0.717) is 0 Å². The molecule has 0 saturated carbocycles. The zero-order valence-electron chi connectivity index (χ0n) is 11.5. The van der Waals surface area contributed by atoms with Gasteiger partial charge in [0.05, 0.1) is 0 Å². The lowest BCUT2D eigenvalue weighted by Gasteiger charge is -2.14. The van der Waals surface area contributed by atoms with E-state index in [9.17, 15) is 4.79 Å². The monoisotopic (exact) mass is 222 g/mol. The van der Waals surface area contributed by atoms with E-state index in [2.05, 4.69) is 32.9 Å². The molecule has 0 aliphatic heterocycles. The second-order valence-corrected chi connectivity index (χ2v) is 5.52. The van der Waals surface area contributed by atoms with Crippen molar-refractivity contribution in [1.29, 1.82) is 0 Å². The van der Waals surface area contributed by atoms with Gasteiger partial charge in [-0.05, 0) is 46.5 Å². The second kappa shape index (κ2) is 7.43. The van der Waals surface area contributed by atoms with Crippen LogP contribution in [0.4, 0.5) is 0 Å². The zero-order chi connectivity index (χ0) is 12.6. The average Bonchev–Trinajstić information content (AvgIpc) is 2.17. The first kappa shape index (κ1) is 15.2. The van der Waals surface area contributed by atoms with Crippen LogP contribution in [0.15, 0.2) is 23.3 Å². The Morgan fingerprint density at radius 2 is 1.69 bits per heavy atom. The molecule has 1 heteroatoms. The third-order valence-electron chi connectivity index (χ3n) is 2.69. The molecular weight excluding hydrogens is 196 g/mol. The minimum atomic E-state index is -0.170. The van der Waals surface area contributed by atoms with Gasteiger partial charge in [-0.25, -0.2) is 0 Å². The van der Waals surface area contributed by atoms with Crippen LogP contribution in [0, 0.1) is 5.41 Å². The summed E-state index contributed by atoms with van der Waals surface area (Å²) in [4.78, 5) is 10.7. The molecule has 0 aromatic rings. The van der Waals surface area contributed by atoms with Gasteiger partial charge in [0.2, 0.25) is 0 Å². The molecule has 0 heterocycles. The summed E-state index contributed by atoms with van der Waals surface area (Å²) in [5, 5.41) is 0. The molecular formula is C15H26O. The maximum atomic E-state index is 10.7. The summed E-state index contributed by atoms with van der Waals surface area (Å²) < 4.78 is 0. The van der Waals surface area contributed by atoms with Gasteiger partial charge in [0.15, 0.2) is 0 Å². The third-order valence-corrected chi connectivity index (χ3v) is 2.69. The largest absolute Gasteiger partial charge is 0.303 e. The van der Waals surface area contributed by atoms with Gasteiger partial charge in [-0.15, -0.1) is 0 Å². The number of hydrogen-bond donors (Lipinski definition) is 0. The SMILES string of the molecule is CC(C)=CCCC(C)=CCCC(C)(C)C=O. The molecule has 0 fully saturated rings. The normalized spacial score (nSPS) is 12.4. The highest BCUT2D eigenvalue weighted by molar-refractivity contribution is 5.57. The zero-order valence-corrected chi connectivity index (χ0v) is 11.5. The Balaban J connectivity index is 3.88. The predicted molar refractivity (Wildman–Crippen MR) is 71.5 cm³/mol. The van der Waals surface area contributed by atoms with Crippen molar-refractivity contribution in [2.24, 2.45) is 5.41 Å².